The zero-order valence-corrected chi connectivity index (χ0v) is 15.3. The molecular formula is C19H15BrN2O4. The van der Waals surface area contributed by atoms with Gasteiger partial charge >= 0.3 is 0 Å². The molecule has 6 nitrogen and oxygen atoms in total. The molecule has 26 heavy (non-hydrogen) atoms. The zero-order chi connectivity index (χ0) is 18.1. The van der Waals surface area contributed by atoms with Gasteiger partial charge in [-0.3, -0.25) is 9.59 Å². The lowest BCUT2D eigenvalue weighted by Crippen LogP contribution is -2.31. The lowest BCUT2D eigenvalue weighted by atomic mass is 10.2. The van der Waals surface area contributed by atoms with E-state index in [0.29, 0.717) is 36.4 Å². The van der Waals surface area contributed by atoms with Gasteiger partial charge in [0.05, 0.1) is 16.4 Å². The van der Waals surface area contributed by atoms with E-state index < -0.39 is 0 Å². The number of nitrogens with zero attached hydrogens (tertiary/aromatic N) is 2. The molecule has 3 heterocycles. The van der Waals surface area contributed by atoms with E-state index >= 15 is 0 Å². The number of rotatable bonds is 3. The molecule has 3 aromatic rings. The van der Waals surface area contributed by atoms with Crippen LogP contribution >= 0.6 is 15.9 Å². The van der Waals surface area contributed by atoms with Gasteiger partial charge in [-0.1, -0.05) is 12.1 Å². The van der Waals surface area contributed by atoms with Crippen molar-refractivity contribution < 1.29 is 13.9 Å². The van der Waals surface area contributed by atoms with Crippen molar-refractivity contribution in [2.24, 2.45) is 0 Å². The van der Waals surface area contributed by atoms with Gasteiger partial charge in [0, 0.05) is 25.2 Å². The standard InChI is InChI=1S/C19H15BrN2O4/c20-14-5-3-8-21-18(14)25-12-7-9-22(11-12)19(24)17-10-15(23)13-4-1-2-6-16(13)26-17/h1-6,8,10,12H,7,9,11H2. The Kier molecular flexibility index (Phi) is 4.46. The molecular weight excluding hydrogens is 400 g/mol. The van der Waals surface area contributed by atoms with Crippen molar-refractivity contribution in [2.45, 2.75) is 12.5 Å². The predicted octanol–water partition coefficient (Wildman–Crippen LogP) is 3.24. The van der Waals surface area contributed by atoms with Crippen LogP contribution in [0.1, 0.15) is 17.0 Å². The molecule has 4 rings (SSSR count). The van der Waals surface area contributed by atoms with Crippen molar-refractivity contribution >= 4 is 32.8 Å². The fourth-order valence-corrected chi connectivity index (χ4v) is 3.34. The van der Waals surface area contributed by atoms with Crippen LogP contribution in [0.25, 0.3) is 11.0 Å². The van der Waals surface area contributed by atoms with E-state index in [4.69, 9.17) is 9.15 Å². The van der Waals surface area contributed by atoms with Crippen LogP contribution < -0.4 is 10.2 Å². The van der Waals surface area contributed by atoms with E-state index in [1.807, 2.05) is 12.1 Å². The normalized spacial score (nSPS) is 16.8. The smallest absolute Gasteiger partial charge is 0.289 e. The number of para-hydroxylation sites is 1. The van der Waals surface area contributed by atoms with Crippen molar-refractivity contribution in [3.8, 4) is 5.88 Å². The predicted molar refractivity (Wildman–Crippen MR) is 99.4 cm³/mol. The Balaban J connectivity index is 1.51. The molecule has 1 amide bonds. The molecule has 0 radical (unpaired) electrons. The minimum Gasteiger partial charge on any atom is -0.472 e. The Hall–Kier alpha value is -2.67. The summed E-state index contributed by atoms with van der Waals surface area (Å²) in [7, 11) is 0. The maximum atomic E-state index is 12.7. The van der Waals surface area contributed by atoms with Crippen LogP contribution in [-0.4, -0.2) is 35.0 Å². The van der Waals surface area contributed by atoms with E-state index in [2.05, 4.69) is 20.9 Å². The first-order valence-corrected chi connectivity index (χ1v) is 9.00. The third kappa shape index (κ3) is 3.22. The van der Waals surface area contributed by atoms with E-state index in [1.54, 1.807) is 35.4 Å². The summed E-state index contributed by atoms with van der Waals surface area (Å²) in [5, 5.41) is 0.465. The van der Waals surface area contributed by atoms with Crippen LogP contribution in [0.3, 0.4) is 0 Å². The van der Waals surface area contributed by atoms with Crippen molar-refractivity contribution in [2.75, 3.05) is 13.1 Å². The highest BCUT2D eigenvalue weighted by atomic mass is 79.9. The van der Waals surface area contributed by atoms with Gasteiger partial charge in [0.25, 0.3) is 5.91 Å². The first-order chi connectivity index (χ1) is 12.6. The minimum atomic E-state index is -0.306. The average molecular weight is 415 g/mol. The Morgan fingerprint density at radius 1 is 1.27 bits per heavy atom. The molecule has 0 N–H and O–H groups in total. The van der Waals surface area contributed by atoms with E-state index in [9.17, 15) is 9.59 Å². The molecule has 0 saturated carbocycles. The topological polar surface area (TPSA) is 72.6 Å². The second-order valence-corrected chi connectivity index (χ2v) is 6.90. The summed E-state index contributed by atoms with van der Waals surface area (Å²) in [6, 6.07) is 11.8. The summed E-state index contributed by atoms with van der Waals surface area (Å²) < 4.78 is 12.3. The second-order valence-electron chi connectivity index (χ2n) is 6.04. The molecule has 1 unspecified atom stereocenters. The number of aromatic nitrogens is 1. The van der Waals surface area contributed by atoms with Crippen molar-refractivity contribution in [3.63, 3.8) is 0 Å². The van der Waals surface area contributed by atoms with Gasteiger partial charge in [-0.2, -0.15) is 0 Å². The highest BCUT2D eigenvalue weighted by molar-refractivity contribution is 9.10. The van der Waals surface area contributed by atoms with Crippen LogP contribution in [0.2, 0.25) is 0 Å². The SMILES string of the molecule is O=C(c1cc(=O)c2ccccc2o1)N1CCC(Oc2ncccc2Br)C1. The molecule has 2 aromatic heterocycles. The molecule has 7 heteroatoms. The third-order valence-electron chi connectivity index (χ3n) is 4.28. The van der Waals surface area contributed by atoms with Crippen LogP contribution in [0.4, 0.5) is 0 Å². The number of ether oxygens (including phenoxy) is 1. The van der Waals surface area contributed by atoms with Gasteiger partial charge in [-0.15, -0.1) is 0 Å². The highest BCUT2D eigenvalue weighted by Gasteiger charge is 2.30. The lowest BCUT2D eigenvalue weighted by Gasteiger charge is -2.16. The van der Waals surface area contributed by atoms with Crippen molar-refractivity contribution in [1.29, 1.82) is 0 Å². The third-order valence-corrected chi connectivity index (χ3v) is 4.88. The molecule has 1 fully saturated rings. The lowest BCUT2D eigenvalue weighted by molar-refractivity contribution is 0.0740. The van der Waals surface area contributed by atoms with Crippen molar-refractivity contribution in [3.05, 3.63) is 69.1 Å². The Bertz CT molecular complexity index is 1030. The molecule has 132 valence electrons. The number of carbonyl (C=O) groups excluding carboxylic acids is 1. The van der Waals surface area contributed by atoms with Gasteiger partial charge in [-0.25, -0.2) is 4.98 Å². The first kappa shape index (κ1) is 16.8. The Morgan fingerprint density at radius 2 is 2.12 bits per heavy atom. The number of amides is 1. The number of hydrogen-bond donors (Lipinski definition) is 0. The Morgan fingerprint density at radius 3 is 2.96 bits per heavy atom. The van der Waals surface area contributed by atoms with Gasteiger partial charge in [0.2, 0.25) is 5.88 Å². The van der Waals surface area contributed by atoms with Crippen LogP contribution in [0.15, 0.2) is 62.3 Å². The first-order valence-electron chi connectivity index (χ1n) is 8.21. The number of likely N-dealkylation sites (tertiary alicyclic amines) is 1. The molecule has 0 spiro atoms. The molecule has 1 aliphatic rings. The molecule has 1 atom stereocenters. The maximum Gasteiger partial charge on any atom is 0.289 e. The van der Waals surface area contributed by atoms with Gasteiger partial charge < -0.3 is 14.1 Å². The quantitative estimate of drug-likeness (QED) is 0.657. The van der Waals surface area contributed by atoms with Gasteiger partial charge in [0.15, 0.2) is 11.2 Å². The summed E-state index contributed by atoms with van der Waals surface area (Å²) in [4.78, 5) is 30.7. The monoisotopic (exact) mass is 414 g/mol. The maximum absolute atomic E-state index is 12.7. The number of benzene rings is 1. The fourth-order valence-electron chi connectivity index (χ4n) is 2.99. The van der Waals surface area contributed by atoms with E-state index in [-0.39, 0.29) is 23.2 Å². The fraction of sp³-hybridized carbons (Fsp3) is 0.211. The largest absolute Gasteiger partial charge is 0.472 e. The number of pyridine rings is 1. The molecule has 1 saturated heterocycles. The number of hydrogen-bond acceptors (Lipinski definition) is 5. The zero-order valence-electron chi connectivity index (χ0n) is 13.7. The number of carbonyl (C=O) groups is 1. The number of fused-ring (bicyclic) bond motifs is 1. The van der Waals surface area contributed by atoms with E-state index in [0.717, 1.165) is 4.47 Å². The number of halogens is 1. The summed E-state index contributed by atoms with van der Waals surface area (Å²) in [6.45, 7) is 0.947. The summed E-state index contributed by atoms with van der Waals surface area (Å²) in [5.41, 5.74) is 0.187. The summed E-state index contributed by atoms with van der Waals surface area (Å²) >= 11 is 3.40. The average Bonchev–Trinajstić information content (AvgIpc) is 3.11. The molecule has 0 bridgehead atoms. The van der Waals surface area contributed by atoms with E-state index in [1.165, 1.54) is 6.07 Å². The van der Waals surface area contributed by atoms with Gasteiger partial charge in [-0.05, 0) is 40.2 Å². The van der Waals surface area contributed by atoms with Crippen molar-refractivity contribution in [1.82, 2.24) is 9.88 Å². The summed E-state index contributed by atoms with van der Waals surface area (Å²) in [6.07, 6.45) is 2.19. The van der Waals surface area contributed by atoms with Crippen LogP contribution in [0, 0.1) is 0 Å². The molecule has 1 aromatic carbocycles. The Labute approximate surface area is 157 Å². The highest BCUT2D eigenvalue weighted by Crippen LogP contribution is 2.25. The minimum absolute atomic E-state index is 0.0494. The van der Waals surface area contributed by atoms with Crippen LogP contribution in [-0.2, 0) is 0 Å². The summed E-state index contributed by atoms with van der Waals surface area (Å²) in [5.74, 6) is 0.247. The molecule has 0 aliphatic carbocycles. The van der Waals surface area contributed by atoms with Crippen LogP contribution in [0.5, 0.6) is 5.88 Å². The van der Waals surface area contributed by atoms with Gasteiger partial charge in [0.1, 0.15) is 11.7 Å². The molecule has 1 aliphatic heterocycles. The second kappa shape index (κ2) is 6.92.